The van der Waals surface area contributed by atoms with Crippen molar-refractivity contribution in [2.75, 3.05) is 0 Å². The van der Waals surface area contributed by atoms with E-state index in [1.807, 2.05) is 0 Å². The second-order valence-corrected chi connectivity index (χ2v) is 5.43. The van der Waals surface area contributed by atoms with Gasteiger partial charge in [0.25, 0.3) is 0 Å². The maximum Gasteiger partial charge on any atom is 0.130 e. The minimum absolute atomic E-state index is 0.342. The molecule has 0 saturated carbocycles. The van der Waals surface area contributed by atoms with Crippen LogP contribution in [0.3, 0.4) is 0 Å². The fraction of sp³-hybridized carbons (Fsp3) is 0.0769. The predicted octanol–water partition coefficient (Wildman–Crippen LogP) is 5.76. The molecule has 0 spiro atoms. The molecule has 0 bridgehead atoms. The van der Waals surface area contributed by atoms with E-state index in [0.29, 0.717) is 15.6 Å². The van der Waals surface area contributed by atoms with Crippen molar-refractivity contribution >= 4 is 39.1 Å². The van der Waals surface area contributed by atoms with E-state index in [9.17, 15) is 8.78 Å². The van der Waals surface area contributed by atoms with E-state index in [2.05, 4.69) is 15.9 Å². The monoisotopic (exact) mass is 350 g/mol. The highest BCUT2D eigenvalue weighted by molar-refractivity contribution is 9.09. The molecule has 18 heavy (non-hydrogen) atoms. The Kier molecular flexibility index (Phi) is 4.25. The third-order valence-corrected chi connectivity index (χ3v) is 4.23. The van der Waals surface area contributed by atoms with Crippen molar-refractivity contribution in [2.24, 2.45) is 0 Å². The summed E-state index contributed by atoms with van der Waals surface area (Å²) in [6, 6.07) is 8.47. The second-order valence-electron chi connectivity index (χ2n) is 3.70. The largest absolute Gasteiger partial charge is 0.207 e. The molecular weight excluding hydrogens is 345 g/mol. The molecule has 1 atom stereocenters. The molecule has 94 valence electrons. The van der Waals surface area contributed by atoms with E-state index in [-0.39, 0.29) is 0 Å². The van der Waals surface area contributed by atoms with Crippen LogP contribution < -0.4 is 0 Å². The average Bonchev–Trinajstić information content (AvgIpc) is 2.32. The summed E-state index contributed by atoms with van der Waals surface area (Å²) in [5.41, 5.74) is 1.09. The molecule has 0 aromatic heterocycles. The first-order valence-electron chi connectivity index (χ1n) is 5.03. The molecule has 0 N–H and O–H groups in total. The summed E-state index contributed by atoms with van der Waals surface area (Å²) in [6.45, 7) is 0. The van der Waals surface area contributed by atoms with E-state index in [1.54, 1.807) is 18.2 Å². The molecule has 2 aromatic carbocycles. The summed E-state index contributed by atoms with van der Waals surface area (Å²) in [4.78, 5) is -0.409. The van der Waals surface area contributed by atoms with Gasteiger partial charge >= 0.3 is 0 Å². The van der Waals surface area contributed by atoms with Crippen molar-refractivity contribution in [3.63, 3.8) is 0 Å². The van der Waals surface area contributed by atoms with Crippen molar-refractivity contribution in [1.82, 2.24) is 0 Å². The van der Waals surface area contributed by atoms with Gasteiger partial charge in [-0.2, -0.15) is 0 Å². The Morgan fingerprint density at radius 2 is 1.67 bits per heavy atom. The van der Waals surface area contributed by atoms with Gasteiger partial charge in [0.1, 0.15) is 11.6 Å². The predicted molar refractivity (Wildman–Crippen MR) is 73.6 cm³/mol. The SMILES string of the molecule is Fc1ccc(C(Br)c2ccc(Cl)c(Cl)c2)c(F)c1. The second kappa shape index (κ2) is 5.55. The van der Waals surface area contributed by atoms with Gasteiger partial charge in [-0.3, -0.25) is 0 Å². The Morgan fingerprint density at radius 3 is 2.28 bits per heavy atom. The van der Waals surface area contributed by atoms with Crippen molar-refractivity contribution in [1.29, 1.82) is 0 Å². The molecule has 0 fully saturated rings. The molecule has 5 heteroatoms. The number of halogens is 5. The van der Waals surface area contributed by atoms with Gasteiger partial charge in [0.15, 0.2) is 0 Å². The molecule has 0 radical (unpaired) electrons. The van der Waals surface area contributed by atoms with Gasteiger partial charge in [-0.05, 0) is 23.8 Å². The van der Waals surface area contributed by atoms with Crippen LogP contribution in [-0.4, -0.2) is 0 Å². The van der Waals surface area contributed by atoms with Crippen molar-refractivity contribution in [2.45, 2.75) is 4.83 Å². The zero-order valence-electron chi connectivity index (χ0n) is 8.93. The Bertz CT molecular complexity index is 587. The summed E-state index contributed by atoms with van der Waals surface area (Å²) in [6.07, 6.45) is 0. The van der Waals surface area contributed by atoms with E-state index >= 15 is 0 Å². The Labute approximate surface area is 122 Å². The van der Waals surface area contributed by atoms with Crippen molar-refractivity contribution in [3.05, 3.63) is 69.2 Å². The van der Waals surface area contributed by atoms with Crippen LogP contribution in [0.2, 0.25) is 10.0 Å². The fourth-order valence-electron chi connectivity index (χ4n) is 1.56. The molecule has 0 amide bonds. The highest BCUT2D eigenvalue weighted by Gasteiger charge is 2.16. The van der Waals surface area contributed by atoms with Crippen LogP contribution in [0.25, 0.3) is 0 Å². The molecule has 2 rings (SSSR count). The third kappa shape index (κ3) is 2.85. The van der Waals surface area contributed by atoms with Crippen LogP contribution in [0.4, 0.5) is 8.78 Å². The van der Waals surface area contributed by atoms with Gasteiger partial charge in [0.2, 0.25) is 0 Å². The molecule has 0 heterocycles. The summed E-state index contributed by atoms with van der Waals surface area (Å²) in [7, 11) is 0. The summed E-state index contributed by atoms with van der Waals surface area (Å²) in [5, 5.41) is 0.820. The van der Waals surface area contributed by atoms with Crippen LogP contribution in [0, 0.1) is 11.6 Å². The van der Waals surface area contributed by atoms with E-state index in [1.165, 1.54) is 12.1 Å². The topological polar surface area (TPSA) is 0 Å². The van der Waals surface area contributed by atoms with Gasteiger partial charge in [-0.1, -0.05) is 51.3 Å². The zero-order valence-corrected chi connectivity index (χ0v) is 12.0. The molecule has 1 unspecified atom stereocenters. The van der Waals surface area contributed by atoms with Crippen molar-refractivity contribution in [3.8, 4) is 0 Å². The smallest absolute Gasteiger partial charge is 0.130 e. The van der Waals surface area contributed by atoms with Crippen LogP contribution in [0.5, 0.6) is 0 Å². The first-order valence-corrected chi connectivity index (χ1v) is 6.70. The van der Waals surface area contributed by atoms with E-state index in [0.717, 1.165) is 11.6 Å². The lowest BCUT2D eigenvalue weighted by atomic mass is 10.0. The first-order chi connectivity index (χ1) is 8.49. The summed E-state index contributed by atoms with van der Waals surface area (Å²) in [5.74, 6) is -1.21. The number of hydrogen-bond acceptors (Lipinski definition) is 0. The Morgan fingerprint density at radius 1 is 0.944 bits per heavy atom. The fourth-order valence-corrected chi connectivity index (χ4v) is 2.52. The van der Waals surface area contributed by atoms with E-state index < -0.39 is 16.5 Å². The summed E-state index contributed by atoms with van der Waals surface area (Å²) < 4.78 is 26.5. The number of benzene rings is 2. The minimum Gasteiger partial charge on any atom is -0.207 e. The van der Waals surface area contributed by atoms with Gasteiger partial charge in [0, 0.05) is 11.6 Å². The lowest BCUT2D eigenvalue weighted by Gasteiger charge is -2.12. The quantitative estimate of drug-likeness (QED) is 0.604. The van der Waals surface area contributed by atoms with Gasteiger partial charge in [-0.15, -0.1) is 0 Å². The number of alkyl halides is 1. The molecule has 0 aliphatic heterocycles. The maximum absolute atomic E-state index is 13.6. The average molecular weight is 352 g/mol. The van der Waals surface area contributed by atoms with Gasteiger partial charge in [-0.25, -0.2) is 8.78 Å². The highest BCUT2D eigenvalue weighted by Crippen LogP contribution is 2.35. The standard InChI is InChI=1S/C13H7BrCl2F2/c14-13(7-1-4-10(15)11(16)5-7)9-3-2-8(17)6-12(9)18/h1-6,13H. The molecule has 0 nitrogen and oxygen atoms in total. The lowest BCUT2D eigenvalue weighted by Crippen LogP contribution is -1.97. The van der Waals surface area contributed by atoms with Gasteiger partial charge < -0.3 is 0 Å². The van der Waals surface area contributed by atoms with Crippen LogP contribution in [0.1, 0.15) is 16.0 Å². The van der Waals surface area contributed by atoms with Crippen LogP contribution in [-0.2, 0) is 0 Å². The van der Waals surface area contributed by atoms with E-state index in [4.69, 9.17) is 23.2 Å². The van der Waals surface area contributed by atoms with Gasteiger partial charge in [0.05, 0.1) is 14.9 Å². The molecule has 0 aliphatic carbocycles. The lowest BCUT2D eigenvalue weighted by molar-refractivity contribution is 0.574. The summed E-state index contributed by atoms with van der Waals surface area (Å²) >= 11 is 15.1. The minimum atomic E-state index is -0.608. The Balaban J connectivity index is 2.41. The highest BCUT2D eigenvalue weighted by atomic mass is 79.9. The normalized spacial score (nSPS) is 12.5. The number of rotatable bonds is 2. The first kappa shape index (κ1) is 13.8. The van der Waals surface area contributed by atoms with Crippen LogP contribution in [0.15, 0.2) is 36.4 Å². The van der Waals surface area contributed by atoms with Crippen LogP contribution >= 0.6 is 39.1 Å². The zero-order chi connectivity index (χ0) is 13.3. The molecule has 2 aromatic rings. The molecule has 0 saturated heterocycles. The Hall–Kier alpha value is -0.640. The number of hydrogen-bond donors (Lipinski definition) is 0. The maximum atomic E-state index is 13.6. The molecular formula is C13H7BrCl2F2. The van der Waals surface area contributed by atoms with Crippen molar-refractivity contribution < 1.29 is 8.78 Å². The third-order valence-electron chi connectivity index (χ3n) is 2.47. The molecule has 0 aliphatic rings.